The maximum Gasteiger partial charge on any atom is 0.261 e. The van der Waals surface area contributed by atoms with E-state index in [1.807, 2.05) is 23.9 Å². The fraction of sp³-hybridized carbons (Fsp3) is 0.579. The molecular formula is C19H25NO2S. The Balaban J connectivity index is 1.35. The molecule has 0 unspecified atom stereocenters. The number of benzene rings is 1. The Morgan fingerprint density at radius 1 is 0.957 bits per heavy atom. The van der Waals surface area contributed by atoms with E-state index < -0.39 is 0 Å². The van der Waals surface area contributed by atoms with Gasteiger partial charge in [0.2, 0.25) is 0 Å². The number of fused-ring (bicyclic) bond motifs is 1. The van der Waals surface area contributed by atoms with Crippen LogP contribution in [0, 0.1) is 5.92 Å². The molecule has 3 rings (SSSR count). The van der Waals surface area contributed by atoms with Crippen LogP contribution in [0.2, 0.25) is 0 Å². The highest BCUT2D eigenvalue weighted by Gasteiger charge is 2.34. The van der Waals surface area contributed by atoms with Crippen molar-refractivity contribution in [3.63, 3.8) is 0 Å². The summed E-state index contributed by atoms with van der Waals surface area (Å²) in [6.07, 6.45) is 9.02. The van der Waals surface area contributed by atoms with E-state index in [1.54, 1.807) is 12.1 Å². The first-order valence-corrected chi connectivity index (χ1v) is 9.96. The molecule has 1 fully saturated rings. The third-order valence-corrected chi connectivity index (χ3v) is 6.16. The van der Waals surface area contributed by atoms with Crippen LogP contribution in [0.4, 0.5) is 0 Å². The Bertz CT molecular complexity index is 531. The van der Waals surface area contributed by atoms with Gasteiger partial charge in [0.15, 0.2) is 0 Å². The molecule has 0 spiro atoms. The van der Waals surface area contributed by atoms with Crippen molar-refractivity contribution in [3.8, 4) is 0 Å². The van der Waals surface area contributed by atoms with Crippen LogP contribution in [0.15, 0.2) is 24.3 Å². The molecule has 1 aromatic carbocycles. The van der Waals surface area contributed by atoms with E-state index in [0.717, 1.165) is 24.5 Å². The van der Waals surface area contributed by atoms with Crippen LogP contribution in [0.25, 0.3) is 0 Å². The van der Waals surface area contributed by atoms with Crippen molar-refractivity contribution in [1.29, 1.82) is 0 Å². The van der Waals surface area contributed by atoms with Gasteiger partial charge in [-0.1, -0.05) is 31.4 Å². The smallest absolute Gasteiger partial charge is 0.261 e. The van der Waals surface area contributed by atoms with E-state index in [4.69, 9.17) is 0 Å². The quantitative estimate of drug-likeness (QED) is 0.550. The number of unbranched alkanes of at least 4 members (excludes halogenated alkanes) is 1. The second-order valence-corrected chi connectivity index (χ2v) is 7.74. The molecular weight excluding hydrogens is 306 g/mol. The summed E-state index contributed by atoms with van der Waals surface area (Å²) in [6, 6.07) is 7.12. The zero-order valence-electron chi connectivity index (χ0n) is 13.6. The van der Waals surface area contributed by atoms with Crippen molar-refractivity contribution >= 4 is 23.6 Å². The van der Waals surface area contributed by atoms with Crippen LogP contribution in [-0.2, 0) is 0 Å². The summed E-state index contributed by atoms with van der Waals surface area (Å²) in [6.45, 7) is 0.552. The van der Waals surface area contributed by atoms with Gasteiger partial charge in [0, 0.05) is 6.54 Å². The number of amides is 2. The van der Waals surface area contributed by atoms with Crippen LogP contribution >= 0.6 is 11.8 Å². The molecule has 2 aliphatic rings. The van der Waals surface area contributed by atoms with Crippen molar-refractivity contribution in [1.82, 2.24) is 4.90 Å². The Kier molecular flexibility index (Phi) is 5.76. The first-order valence-electron chi connectivity index (χ1n) is 8.80. The lowest BCUT2D eigenvalue weighted by atomic mass is 9.91. The molecule has 1 aliphatic heterocycles. The molecule has 1 aliphatic carbocycles. The summed E-state index contributed by atoms with van der Waals surface area (Å²) in [5.41, 5.74) is 1.12. The van der Waals surface area contributed by atoms with Gasteiger partial charge in [-0.2, -0.15) is 11.8 Å². The first kappa shape index (κ1) is 16.6. The number of hydrogen-bond acceptors (Lipinski definition) is 3. The van der Waals surface area contributed by atoms with Crippen LogP contribution < -0.4 is 0 Å². The second kappa shape index (κ2) is 8.00. The number of imide groups is 1. The van der Waals surface area contributed by atoms with Crippen LogP contribution in [0.5, 0.6) is 0 Å². The predicted molar refractivity (Wildman–Crippen MR) is 94.9 cm³/mol. The van der Waals surface area contributed by atoms with Crippen molar-refractivity contribution in [2.24, 2.45) is 5.92 Å². The largest absolute Gasteiger partial charge is 0.274 e. The molecule has 4 heteroatoms. The third kappa shape index (κ3) is 3.97. The lowest BCUT2D eigenvalue weighted by Gasteiger charge is -2.21. The summed E-state index contributed by atoms with van der Waals surface area (Å²) in [5.74, 6) is 3.10. The van der Waals surface area contributed by atoms with Crippen molar-refractivity contribution in [3.05, 3.63) is 35.4 Å². The number of nitrogens with zero attached hydrogens (tertiary/aromatic N) is 1. The SMILES string of the molecule is O=C1c2ccccc2C(=O)N1CCCCSCC1CCCCC1. The van der Waals surface area contributed by atoms with Gasteiger partial charge in [-0.15, -0.1) is 0 Å². The van der Waals surface area contributed by atoms with Crippen LogP contribution in [0.1, 0.15) is 65.7 Å². The molecule has 0 bridgehead atoms. The van der Waals surface area contributed by atoms with Crippen LogP contribution in [-0.4, -0.2) is 34.8 Å². The molecule has 23 heavy (non-hydrogen) atoms. The van der Waals surface area contributed by atoms with E-state index in [0.29, 0.717) is 17.7 Å². The maximum atomic E-state index is 12.2. The second-order valence-electron chi connectivity index (χ2n) is 6.59. The normalized spacial score (nSPS) is 18.5. The highest BCUT2D eigenvalue weighted by Crippen LogP contribution is 2.27. The number of thioether (sulfide) groups is 1. The van der Waals surface area contributed by atoms with E-state index >= 15 is 0 Å². The molecule has 0 atom stereocenters. The molecule has 124 valence electrons. The summed E-state index contributed by atoms with van der Waals surface area (Å²) in [7, 11) is 0. The number of hydrogen-bond donors (Lipinski definition) is 0. The van der Waals surface area contributed by atoms with E-state index in [2.05, 4.69) is 0 Å². The van der Waals surface area contributed by atoms with E-state index in [-0.39, 0.29) is 11.8 Å². The van der Waals surface area contributed by atoms with Gasteiger partial charge in [-0.25, -0.2) is 0 Å². The fourth-order valence-corrected chi connectivity index (χ4v) is 4.76. The summed E-state index contributed by atoms with van der Waals surface area (Å²) in [4.78, 5) is 25.9. The third-order valence-electron chi connectivity index (χ3n) is 4.88. The van der Waals surface area contributed by atoms with E-state index in [9.17, 15) is 9.59 Å². The van der Waals surface area contributed by atoms with E-state index in [1.165, 1.54) is 42.8 Å². The molecule has 0 saturated heterocycles. The van der Waals surface area contributed by atoms with Gasteiger partial charge in [-0.3, -0.25) is 14.5 Å². The van der Waals surface area contributed by atoms with Gasteiger partial charge < -0.3 is 0 Å². The zero-order chi connectivity index (χ0) is 16.1. The zero-order valence-corrected chi connectivity index (χ0v) is 14.4. The van der Waals surface area contributed by atoms with Crippen LogP contribution in [0.3, 0.4) is 0 Å². The van der Waals surface area contributed by atoms with Crippen molar-refractivity contribution < 1.29 is 9.59 Å². The minimum absolute atomic E-state index is 0.125. The Labute approximate surface area is 142 Å². The average molecular weight is 331 g/mol. The van der Waals surface area contributed by atoms with Gasteiger partial charge in [-0.05, 0) is 55.2 Å². The molecule has 1 aromatic rings. The lowest BCUT2D eigenvalue weighted by Crippen LogP contribution is -2.30. The average Bonchev–Trinajstić information content (AvgIpc) is 2.84. The van der Waals surface area contributed by atoms with Crippen molar-refractivity contribution in [2.45, 2.75) is 44.9 Å². The summed E-state index contributed by atoms with van der Waals surface area (Å²) in [5, 5.41) is 0. The minimum atomic E-state index is -0.125. The number of carbonyl (C=O) groups is 2. The summed E-state index contributed by atoms with van der Waals surface area (Å²) >= 11 is 2.04. The molecule has 0 aromatic heterocycles. The molecule has 2 amide bonds. The standard InChI is InChI=1S/C19H25NO2S/c21-18-16-10-4-5-11-17(16)19(22)20(18)12-6-7-13-23-14-15-8-2-1-3-9-15/h4-5,10-11,15H,1-3,6-9,12-14H2. The highest BCUT2D eigenvalue weighted by atomic mass is 32.2. The number of rotatable bonds is 7. The predicted octanol–water partition coefficient (Wildman–Crippen LogP) is 4.38. The first-order chi connectivity index (χ1) is 11.3. The molecule has 3 nitrogen and oxygen atoms in total. The van der Waals surface area contributed by atoms with Gasteiger partial charge in [0.1, 0.15) is 0 Å². The topological polar surface area (TPSA) is 37.4 Å². The van der Waals surface area contributed by atoms with Gasteiger partial charge >= 0.3 is 0 Å². The Morgan fingerprint density at radius 2 is 1.61 bits per heavy atom. The lowest BCUT2D eigenvalue weighted by molar-refractivity contribution is 0.0652. The van der Waals surface area contributed by atoms with Gasteiger partial charge in [0.25, 0.3) is 11.8 Å². The molecule has 0 N–H and O–H groups in total. The fourth-order valence-electron chi connectivity index (χ4n) is 3.52. The summed E-state index contributed by atoms with van der Waals surface area (Å²) < 4.78 is 0. The monoisotopic (exact) mass is 331 g/mol. The highest BCUT2D eigenvalue weighted by molar-refractivity contribution is 7.99. The molecule has 1 heterocycles. The van der Waals surface area contributed by atoms with Crippen molar-refractivity contribution in [2.75, 3.05) is 18.1 Å². The van der Waals surface area contributed by atoms with Gasteiger partial charge in [0.05, 0.1) is 11.1 Å². The maximum absolute atomic E-state index is 12.2. The Hall–Kier alpha value is -1.29. The molecule has 1 saturated carbocycles. The minimum Gasteiger partial charge on any atom is -0.274 e. The molecule has 0 radical (unpaired) electrons. The number of carbonyl (C=O) groups excluding carboxylic acids is 2. The Morgan fingerprint density at radius 3 is 2.26 bits per heavy atom.